The van der Waals surface area contributed by atoms with Crippen molar-refractivity contribution in [2.24, 2.45) is 5.92 Å². The number of Topliss-reactive ketones (excluding diaryl/α,β-unsaturated/α-hetero) is 1. The predicted molar refractivity (Wildman–Crippen MR) is 79.8 cm³/mol. The summed E-state index contributed by atoms with van der Waals surface area (Å²) in [6.07, 6.45) is 1.28. The van der Waals surface area contributed by atoms with Crippen LogP contribution in [0.5, 0.6) is 0 Å². The third-order valence-electron chi connectivity index (χ3n) is 3.86. The number of hydrogen-bond acceptors (Lipinski definition) is 4. The second kappa shape index (κ2) is 6.68. The second-order valence-corrected chi connectivity index (χ2v) is 7.05. The maximum Gasteiger partial charge on any atom is 0.240 e. The Balaban J connectivity index is 2.10. The van der Waals surface area contributed by atoms with Crippen LogP contribution in [-0.4, -0.2) is 33.5 Å². The lowest BCUT2D eigenvalue weighted by Gasteiger charge is -2.15. The highest BCUT2D eigenvalue weighted by Crippen LogP contribution is 2.20. The zero-order valence-corrected chi connectivity index (χ0v) is 13.2. The number of hydrogen-bond donors (Lipinski definition) is 1. The first kappa shape index (κ1) is 16.1. The molecule has 1 N–H and O–H groups in total. The predicted octanol–water partition coefficient (Wildman–Crippen LogP) is 1.98. The molecule has 1 saturated heterocycles. The quantitative estimate of drug-likeness (QED) is 0.815. The number of carbonyl (C=O) groups is 1. The molecule has 0 aliphatic carbocycles. The third-order valence-corrected chi connectivity index (χ3v) is 5.28. The molecule has 5 nitrogen and oxygen atoms in total. The van der Waals surface area contributed by atoms with Crippen molar-refractivity contribution in [3.8, 4) is 0 Å². The lowest BCUT2D eigenvalue weighted by atomic mass is 10.0. The van der Waals surface area contributed by atoms with Crippen LogP contribution in [0.25, 0.3) is 0 Å². The van der Waals surface area contributed by atoms with Crippen molar-refractivity contribution in [1.29, 1.82) is 0 Å². The van der Waals surface area contributed by atoms with Gasteiger partial charge >= 0.3 is 0 Å². The molecule has 116 valence electrons. The fraction of sp³-hybridized carbons (Fsp3) is 0.533. The number of benzene rings is 1. The van der Waals surface area contributed by atoms with Gasteiger partial charge < -0.3 is 4.74 Å². The highest BCUT2D eigenvalue weighted by Gasteiger charge is 2.26. The molecular formula is C15H21NO4S. The number of carbonyl (C=O) groups excluding carboxylic acids is 1. The molecule has 1 aliphatic rings. The van der Waals surface area contributed by atoms with E-state index in [-0.39, 0.29) is 22.7 Å². The molecule has 1 heterocycles. The summed E-state index contributed by atoms with van der Waals surface area (Å²) in [4.78, 5) is 11.8. The van der Waals surface area contributed by atoms with Crippen LogP contribution in [0, 0.1) is 5.92 Å². The molecule has 0 bridgehead atoms. The van der Waals surface area contributed by atoms with E-state index < -0.39 is 10.0 Å². The summed E-state index contributed by atoms with van der Waals surface area (Å²) in [7, 11) is -3.59. The number of sulfonamides is 1. The van der Waals surface area contributed by atoms with Gasteiger partial charge in [0, 0.05) is 31.1 Å². The van der Waals surface area contributed by atoms with Gasteiger partial charge in [-0.15, -0.1) is 0 Å². The molecule has 1 fully saturated rings. The SMILES string of the molecule is CCC(=O)c1cccc(S(=O)(=O)NCC2CCOC2C)c1. The molecule has 1 aromatic rings. The maximum absolute atomic E-state index is 12.3. The van der Waals surface area contributed by atoms with Crippen LogP contribution < -0.4 is 4.72 Å². The molecule has 0 saturated carbocycles. The van der Waals surface area contributed by atoms with E-state index in [9.17, 15) is 13.2 Å². The van der Waals surface area contributed by atoms with E-state index in [1.165, 1.54) is 12.1 Å². The van der Waals surface area contributed by atoms with Gasteiger partial charge in [0.1, 0.15) is 0 Å². The van der Waals surface area contributed by atoms with Crippen molar-refractivity contribution < 1.29 is 17.9 Å². The molecule has 0 spiro atoms. The van der Waals surface area contributed by atoms with Gasteiger partial charge in [-0.05, 0) is 25.5 Å². The monoisotopic (exact) mass is 311 g/mol. The molecule has 2 unspecified atom stereocenters. The van der Waals surface area contributed by atoms with Crippen molar-refractivity contribution in [1.82, 2.24) is 4.72 Å². The zero-order chi connectivity index (χ0) is 15.5. The number of ketones is 1. The van der Waals surface area contributed by atoms with Crippen LogP contribution in [0.3, 0.4) is 0 Å². The largest absolute Gasteiger partial charge is 0.378 e. The van der Waals surface area contributed by atoms with Crippen LogP contribution >= 0.6 is 0 Å². The molecule has 21 heavy (non-hydrogen) atoms. The van der Waals surface area contributed by atoms with Crippen LogP contribution in [-0.2, 0) is 14.8 Å². The van der Waals surface area contributed by atoms with E-state index >= 15 is 0 Å². The average Bonchev–Trinajstić information content (AvgIpc) is 2.90. The molecule has 1 aliphatic heterocycles. The minimum atomic E-state index is -3.59. The Morgan fingerprint density at radius 3 is 2.81 bits per heavy atom. The van der Waals surface area contributed by atoms with Crippen molar-refractivity contribution in [3.63, 3.8) is 0 Å². The van der Waals surface area contributed by atoms with Crippen molar-refractivity contribution in [3.05, 3.63) is 29.8 Å². The molecule has 1 aromatic carbocycles. The van der Waals surface area contributed by atoms with Crippen molar-refractivity contribution >= 4 is 15.8 Å². The highest BCUT2D eigenvalue weighted by molar-refractivity contribution is 7.89. The van der Waals surface area contributed by atoms with Gasteiger partial charge in [0.15, 0.2) is 5.78 Å². The third kappa shape index (κ3) is 3.90. The van der Waals surface area contributed by atoms with E-state index in [1.54, 1.807) is 19.1 Å². The van der Waals surface area contributed by atoms with Crippen LogP contribution in [0.15, 0.2) is 29.2 Å². The van der Waals surface area contributed by atoms with Gasteiger partial charge in [0.25, 0.3) is 0 Å². The van der Waals surface area contributed by atoms with Gasteiger partial charge in [-0.3, -0.25) is 4.79 Å². The van der Waals surface area contributed by atoms with Gasteiger partial charge in [0.05, 0.1) is 11.0 Å². The van der Waals surface area contributed by atoms with Gasteiger partial charge in [-0.25, -0.2) is 13.1 Å². The fourth-order valence-corrected chi connectivity index (χ4v) is 3.53. The average molecular weight is 311 g/mol. The van der Waals surface area contributed by atoms with Crippen molar-refractivity contribution in [2.75, 3.05) is 13.2 Å². The number of ether oxygens (including phenoxy) is 1. The summed E-state index contributed by atoms with van der Waals surface area (Å²) in [6.45, 7) is 4.74. The standard InChI is InChI=1S/C15H21NO4S/c1-3-15(17)12-5-4-6-14(9-12)21(18,19)16-10-13-7-8-20-11(13)2/h4-6,9,11,13,16H,3,7-8,10H2,1-2H3. The molecule has 6 heteroatoms. The zero-order valence-electron chi connectivity index (χ0n) is 12.3. The van der Waals surface area contributed by atoms with Crippen LogP contribution in [0.2, 0.25) is 0 Å². The Morgan fingerprint density at radius 1 is 1.43 bits per heavy atom. The Morgan fingerprint density at radius 2 is 2.19 bits per heavy atom. The first-order chi connectivity index (χ1) is 9.94. The minimum absolute atomic E-state index is 0.0649. The van der Waals surface area contributed by atoms with Gasteiger partial charge in [-0.1, -0.05) is 19.1 Å². The number of nitrogens with one attached hydrogen (secondary N) is 1. The summed E-state index contributed by atoms with van der Waals surface area (Å²) in [5, 5.41) is 0. The van der Waals surface area contributed by atoms with E-state index in [2.05, 4.69) is 4.72 Å². The van der Waals surface area contributed by atoms with Gasteiger partial charge in [-0.2, -0.15) is 0 Å². The summed E-state index contributed by atoms with van der Waals surface area (Å²) in [5.74, 6) is 0.130. The van der Waals surface area contributed by atoms with E-state index in [4.69, 9.17) is 4.74 Å². The Kier molecular flexibility index (Phi) is 5.13. The summed E-state index contributed by atoms with van der Waals surface area (Å²) < 4.78 is 32.6. The molecular weight excluding hydrogens is 290 g/mol. The van der Waals surface area contributed by atoms with Crippen molar-refractivity contribution in [2.45, 2.75) is 37.7 Å². The lowest BCUT2D eigenvalue weighted by molar-refractivity contribution is 0.0988. The summed E-state index contributed by atoms with van der Waals surface area (Å²) >= 11 is 0. The summed E-state index contributed by atoms with van der Waals surface area (Å²) in [5.41, 5.74) is 0.429. The highest BCUT2D eigenvalue weighted by atomic mass is 32.2. The fourth-order valence-electron chi connectivity index (χ4n) is 2.39. The first-order valence-corrected chi connectivity index (χ1v) is 8.67. The van der Waals surface area contributed by atoms with E-state index in [0.29, 0.717) is 25.1 Å². The normalized spacial score (nSPS) is 22.4. The second-order valence-electron chi connectivity index (χ2n) is 5.28. The topological polar surface area (TPSA) is 72.5 Å². The van der Waals surface area contributed by atoms with E-state index in [0.717, 1.165) is 6.42 Å². The molecule has 0 aromatic heterocycles. The molecule has 2 atom stereocenters. The maximum atomic E-state index is 12.3. The molecule has 0 radical (unpaired) electrons. The van der Waals surface area contributed by atoms with Crippen LogP contribution in [0.4, 0.5) is 0 Å². The molecule has 2 rings (SSSR count). The first-order valence-electron chi connectivity index (χ1n) is 7.18. The Bertz CT molecular complexity index is 612. The molecule has 0 amide bonds. The summed E-state index contributed by atoms with van der Waals surface area (Å²) in [6, 6.07) is 6.17. The lowest BCUT2D eigenvalue weighted by Crippen LogP contribution is -2.32. The smallest absolute Gasteiger partial charge is 0.240 e. The van der Waals surface area contributed by atoms with Crippen LogP contribution in [0.1, 0.15) is 37.0 Å². The minimum Gasteiger partial charge on any atom is -0.378 e. The Hall–Kier alpha value is -1.24. The van der Waals surface area contributed by atoms with E-state index in [1.807, 2.05) is 6.92 Å². The van der Waals surface area contributed by atoms with Gasteiger partial charge in [0.2, 0.25) is 10.0 Å². The number of rotatable bonds is 6. The Labute approximate surface area is 125 Å².